The number of carboxylic acid groups (broad SMARTS) is 2. The molecule has 0 fully saturated rings. The van der Waals surface area contributed by atoms with Crippen LogP contribution in [0.1, 0.15) is 70.6 Å². The fourth-order valence-electron chi connectivity index (χ4n) is 3.36. The molecule has 11 nitrogen and oxygen atoms in total. The average Bonchev–Trinajstić information content (AvgIpc) is 2.88. The fraction of sp³-hybridized carbons (Fsp3) is 0.885. The van der Waals surface area contributed by atoms with Crippen LogP contribution in [0.4, 0.5) is 0 Å². The highest BCUT2D eigenvalue weighted by molar-refractivity contribution is 7.80. The molecule has 0 bridgehead atoms. The van der Waals surface area contributed by atoms with Crippen molar-refractivity contribution in [3.8, 4) is 0 Å². The van der Waals surface area contributed by atoms with Crippen molar-refractivity contribution in [2.75, 3.05) is 71.8 Å². The zero-order chi connectivity index (χ0) is 28.1. The van der Waals surface area contributed by atoms with Gasteiger partial charge >= 0.3 is 11.9 Å². The van der Waals surface area contributed by atoms with Gasteiger partial charge in [0.2, 0.25) is 5.91 Å². The number of carboxylic acids is 2. The highest BCUT2D eigenvalue weighted by Crippen LogP contribution is 2.10. The number of hydrogen-bond acceptors (Lipinski definition) is 9. The Labute approximate surface area is 232 Å². The maximum Gasteiger partial charge on any atom is 0.326 e. The number of carbonyl (C=O) groups excluding carboxylic acids is 1. The molecule has 0 spiro atoms. The van der Waals surface area contributed by atoms with Crippen molar-refractivity contribution in [3.05, 3.63) is 0 Å². The van der Waals surface area contributed by atoms with Crippen LogP contribution in [-0.4, -0.2) is 106 Å². The molecule has 0 aliphatic rings. The number of unbranched alkanes of at least 4 members (excludes halogenated alkanes) is 8. The molecule has 0 rings (SSSR count). The number of amides is 1. The normalized spacial score (nSPS) is 11.9. The summed E-state index contributed by atoms with van der Waals surface area (Å²) in [6.45, 7) is 3.70. The van der Waals surface area contributed by atoms with Gasteiger partial charge in [-0.15, -0.1) is 0 Å². The van der Waals surface area contributed by atoms with E-state index >= 15 is 0 Å². The largest absolute Gasteiger partial charge is 0.481 e. The number of ether oxygens (including phenoxy) is 5. The van der Waals surface area contributed by atoms with Crippen molar-refractivity contribution >= 4 is 30.5 Å². The van der Waals surface area contributed by atoms with Crippen LogP contribution >= 0.6 is 12.6 Å². The second-order valence-electron chi connectivity index (χ2n) is 8.80. The van der Waals surface area contributed by atoms with Crippen LogP contribution in [-0.2, 0) is 38.1 Å². The number of thiol groups is 1. The highest BCUT2D eigenvalue weighted by Gasteiger charge is 2.20. The summed E-state index contributed by atoms with van der Waals surface area (Å²) < 4.78 is 26.9. The third-order valence-corrected chi connectivity index (χ3v) is 5.76. The molecule has 0 aliphatic heterocycles. The molecule has 3 N–H and O–H groups in total. The van der Waals surface area contributed by atoms with Gasteiger partial charge in [-0.25, -0.2) is 4.79 Å². The molecular formula is C26H49NO10S. The van der Waals surface area contributed by atoms with Gasteiger partial charge in [-0.2, -0.15) is 12.6 Å². The summed E-state index contributed by atoms with van der Waals surface area (Å²) in [5.74, 6) is -2.05. The maximum absolute atomic E-state index is 11.7. The lowest BCUT2D eigenvalue weighted by Gasteiger charge is -2.13. The van der Waals surface area contributed by atoms with E-state index in [1.165, 1.54) is 51.4 Å². The molecule has 38 heavy (non-hydrogen) atoms. The number of rotatable bonds is 30. The third-order valence-electron chi connectivity index (χ3n) is 5.45. The summed E-state index contributed by atoms with van der Waals surface area (Å²) in [5, 5.41) is 19.8. The molecule has 0 aliphatic carbocycles. The van der Waals surface area contributed by atoms with E-state index in [0.29, 0.717) is 39.6 Å². The Morgan fingerprint density at radius 1 is 0.605 bits per heavy atom. The van der Waals surface area contributed by atoms with Gasteiger partial charge < -0.3 is 39.2 Å². The lowest BCUT2D eigenvalue weighted by Crippen LogP contribution is -2.42. The minimum atomic E-state index is -1.29. The molecule has 224 valence electrons. The molecule has 0 saturated carbocycles. The van der Waals surface area contributed by atoms with Crippen LogP contribution in [0.5, 0.6) is 0 Å². The summed E-state index contributed by atoms with van der Waals surface area (Å²) in [6, 6.07) is -1.26. The lowest BCUT2D eigenvalue weighted by molar-refractivity contribution is -0.143. The van der Waals surface area contributed by atoms with Crippen LogP contribution in [0.3, 0.4) is 0 Å². The monoisotopic (exact) mass is 567 g/mol. The maximum atomic E-state index is 11.7. The summed E-state index contributed by atoms with van der Waals surface area (Å²) in [4.78, 5) is 33.3. The van der Waals surface area contributed by atoms with Gasteiger partial charge in [0.25, 0.3) is 0 Å². The first-order valence-electron chi connectivity index (χ1n) is 13.7. The Morgan fingerprint density at radius 3 is 1.47 bits per heavy atom. The Morgan fingerprint density at radius 2 is 1.03 bits per heavy atom. The predicted octanol–water partition coefficient (Wildman–Crippen LogP) is 2.94. The Balaban J connectivity index is 3.29. The highest BCUT2D eigenvalue weighted by atomic mass is 32.1. The van der Waals surface area contributed by atoms with Crippen molar-refractivity contribution in [3.63, 3.8) is 0 Å². The van der Waals surface area contributed by atoms with Crippen molar-refractivity contribution < 1.29 is 48.3 Å². The first kappa shape index (κ1) is 36.6. The minimum Gasteiger partial charge on any atom is -0.481 e. The Kier molecular flexibility index (Phi) is 27.5. The predicted molar refractivity (Wildman–Crippen MR) is 146 cm³/mol. The van der Waals surface area contributed by atoms with Crippen molar-refractivity contribution in [2.45, 2.75) is 76.7 Å². The third kappa shape index (κ3) is 27.6. The van der Waals surface area contributed by atoms with E-state index in [2.05, 4.69) is 17.9 Å². The van der Waals surface area contributed by atoms with Crippen LogP contribution in [0, 0.1) is 0 Å². The van der Waals surface area contributed by atoms with Gasteiger partial charge in [0.15, 0.2) is 0 Å². The number of nitrogens with one attached hydrogen (secondary N) is 1. The Hall–Kier alpha value is -1.44. The standard InChI is InChI=1S/C26H49NO10S/c28-24(27-23(26(31)32)10-11-25(29)30)22-37-20-19-36-18-17-35-16-15-34-14-13-33-12-8-6-4-2-1-3-5-7-9-21-38/h23,38H,1-22H2,(H,27,28)(H,29,30)(H,31,32)/t23-/m0/s1. The van der Waals surface area contributed by atoms with E-state index < -0.39 is 23.9 Å². The number of aliphatic carboxylic acids is 2. The van der Waals surface area contributed by atoms with Crippen molar-refractivity contribution in [1.82, 2.24) is 5.32 Å². The summed E-state index contributed by atoms with van der Waals surface area (Å²) in [7, 11) is 0. The molecule has 1 atom stereocenters. The summed E-state index contributed by atoms with van der Waals surface area (Å²) >= 11 is 4.23. The van der Waals surface area contributed by atoms with E-state index in [1.54, 1.807) is 0 Å². The van der Waals surface area contributed by atoms with E-state index in [1.807, 2.05) is 0 Å². The summed E-state index contributed by atoms with van der Waals surface area (Å²) in [6.07, 6.45) is 10.9. The van der Waals surface area contributed by atoms with Gasteiger partial charge in [0.1, 0.15) is 12.6 Å². The SMILES string of the molecule is O=C(O)CC[C@H](NC(=O)COCCOCCOCCOCCOCCCCCCCCCCCS)C(=O)O. The Bertz CT molecular complexity index is 582. The molecule has 12 heteroatoms. The van der Waals surface area contributed by atoms with E-state index in [9.17, 15) is 14.4 Å². The van der Waals surface area contributed by atoms with E-state index in [4.69, 9.17) is 33.9 Å². The number of hydrogen-bond donors (Lipinski definition) is 4. The van der Waals surface area contributed by atoms with Gasteiger partial charge in [-0.1, -0.05) is 44.9 Å². The van der Waals surface area contributed by atoms with Gasteiger partial charge in [-0.05, 0) is 25.0 Å². The fourth-order valence-corrected chi connectivity index (χ4v) is 3.58. The van der Waals surface area contributed by atoms with Crippen LogP contribution in [0.2, 0.25) is 0 Å². The van der Waals surface area contributed by atoms with Crippen LogP contribution in [0.25, 0.3) is 0 Å². The summed E-state index contributed by atoms with van der Waals surface area (Å²) in [5.41, 5.74) is 0. The lowest BCUT2D eigenvalue weighted by atomic mass is 10.1. The zero-order valence-electron chi connectivity index (χ0n) is 22.7. The molecule has 0 aromatic carbocycles. The van der Waals surface area contributed by atoms with E-state index in [-0.39, 0.29) is 32.7 Å². The van der Waals surface area contributed by atoms with Crippen LogP contribution < -0.4 is 5.32 Å². The van der Waals surface area contributed by atoms with Gasteiger partial charge in [-0.3, -0.25) is 9.59 Å². The second-order valence-corrected chi connectivity index (χ2v) is 9.25. The van der Waals surface area contributed by atoms with Crippen LogP contribution in [0.15, 0.2) is 0 Å². The molecule has 0 radical (unpaired) electrons. The van der Waals surface area contributed by atoms with Gasteiger partial charge in [0.05, 0.1) is 52.9 Å². The molecule has 0 aromatic rings. The quantitative estimate of drug-likeness (QED) is 0.0754. The molecule has 0 unspecified atom stereocenters. The number of carbonyl (C=O) groups is 3. The first-order chi connectivity index (χ1) is 18.5. The molecule has 1 amide bonds. The molecular weight excluding hydrogens is 518 g/mol. The smallest absolute Gasteiger partial charge is 0.326 e. The van der Waals surface area contributed by atoms with Crippen molar-refractivity contribution in [1.29, 1.82) is 0 Å². The zero-order valence-corrected chi connectivity index (χ0v) is 23.6. The van der Waals surface area contributed by atoms with Gasteiger partial charge in [0, 0.05) is 13.0 Å². The van der Waals surface area contributed by atoms with E-state index in [0.717, 1.165) is 18.8 Å². The minimum absolute atomic E-state index is 0.153. The first-order valence-corrected chi connectivity index (χ1v) is 14.3. The molecule has 0 heterocycles. The second kappa shape index (κ2) is 28.6. The molecule has 0 aromatic heterocycles. The van der Waals surface area contributed by atoms with Crippen molar-refractivity contribution in [2.24, 2.45) is 0 Å². The molecule has 0 saturated heterocycles. The topological polar surface area (TPSA) is 150 Å². The average molecular weight is 568 g/mol.